The number of aryl methyl sites for hydroxylation is 1. The smallest absolute Gasteiger partial charge is 0.174 e. The van der Waals surface area contributed by atoms with Crippen LogP contribution in [0.3, 0.4) is 0 Å². The van der Waals surface area contributed by atoms with Crippen molar-refractivity contribution in [3.8, 4) is 6.07 Å². The van der Waals surface area contributed by atoms with Crippen LogP contribution in [0.1, 0.15) is 11.1 Å². The summed E-state index contributed by atoms with van der Waals surface area (Å²) in [5, 5.41) is 12.1. The number of hydrogen-bond donors (Lipinski definition) is 2. The van der Waals surface area contributed by atoms with Crippen LogP contribution in [0, 0.1) is 18.3 Å². The minimum Gasteiger partial charge on any atom is -0.381 e. The van der Waals surface area contributed by atoms with Crippen molar-refractivity contribution >= 4 is 28.4 Å². The topological polar surface area (TPSA) is 87.6 Å². The fourth-order valence-corrected chi connectivity index (χ4v) is 2.06. The predicted molar refractivity (Wildman–Crippen MR) is 83.1 cm³/mol. The standard InChI is InChI=1S/C16H13N5/c1-10-6-7-11(9-17)8-14(10)21-16-15(18)19-12-4-2-3-5-13(12)20-16/h2-8H,1H3,(H2,18,19)(H,20,21). The van der Waals surface area contributed by atoms with Gasteiger partial charge in [-0.2, -0.15) is 5.26 Å². The van der Waals surface area contributed by atoms with Crippen molar-refractivity contribution in [2.24, 2.45) is 0 Å². The third-order valence-corrected chi connectivity index (χ3v) is 3.22. The molecule has 3 aromatic rings. The minimum atomic E-state index is 0.329. The highest BCUT2D eigenvalue weighted by Crippen LogP contribution is 2.25. The molecule has 0 amide bonds. The summed E-state index contributed by atoms with van der Waals surface area (Å²) in [4.78, 5) is 8.82. The zero-order chi connectivity index (χ0) is 14.8. The third-order valence-electron chi connectivity index (χ3n) is 3.22. The molecule has 1 aromatic heterocycles. The van der Waals surface area contributed by atoms with E-state index in [0.717, 1.165) is 22.3 Å². The van der Waals surface area contributed by atoms with Crippen LogP contribution in [0.15, 0.2) is 42.5 Å². The number of nitrogens with one attached hydrogen (secondary N) is 1. The second-order valence-electron chi connectivity index (χ2n) is 4.71. The van der Waals surface area contributed by atoms with Crippen LogP contribution in [-0.2, 0) is 0 Å². The summed E-state index contributed by atoms with van der Waals surface area (Å²) in [5.41, 5.74) is 9.85. The van der Waals surface area contributed by atoms with Gasteiger partial charge in [-0.25, -0.2) is 9.97 Å². The second kappa shape index (κ2) is 5.10. The summed E-state index contributed by atoms with van der Waals surface area (Å²) >= 11 is 0. The van der Waals surface area contributed by atoms with Gasteiger partial charge >= 0.3 is 0 Å². The molecular weight excluding hydrogens is 262 g/mol. The number of anilines is 3. The summed E-state index contributed by atoms with van der Waals surface area (Å²) in [6.45, 7) is 1.95. The molecule has 0 fully saturated rings. The SMILES string of the molecule is Cc1ccc(C#N)cc1Nc1nc2ccccc2nc1N. The highest BCUT2D eigenvalue weighted by molar-refractivity contribution is 5.81. The molecular formula is C16H13N5. The maximum atomic E-state index is 8.98. The van der Waals surface area contributed by atoms with Crippen molar-refractivity contribution in [2.75, 3.05) is 11.1 Å². The predicted octanol–water partition coefficient (Wildman–Crippen LogP) is 3.14. The third kappa shape index (κ3) is 2.47. The molecule has 0 aliphatic rings. The lowest BCUT2D eigenvalue weighted by Gasteiger charge is -2.11. The fourth-order valence-electron chi connectivity index (χ4n) is 2.06. The summed E-state index contributed by atoms with van der Waals surface area (Å²) in [6, 6.07) is 15.1. The normalized spacial score (nSPS) is 10.3. The number of fused-ring (bicyclic) bond motifs is 1. The number of nitrogen functional groups attached to an aromatic ring is 1. The van der Waals surface area contributed by atoms with Gasteiger partial charge in [0.1, 0.15) is 0 Å². The number of rotatable bonds is 2. The Kier molecular flexibility index (Phi) is 3.13. The average Bonchev–Trinajstić information content (AvgIpc) is 2.50. The Morgan fingerprint density at radius 2 is 1.81 bits per heavy atom. The molecule has 0 saturated heterocycles. The molecule has 3 rings (SSSR count). The van der Waals surface area contributed by atoms with E-state index in [1.807, 2.05) is 37.3 Å². The Balaban J connectivity index is 2.06. The molecule has 1 heterocycles. The molecule has 0 bridgehead atoms. The van der Waals surface area contributed by atoms with E-state index in [1.165, 1.54) is 0 Å². The number of hydrogen-bond acceptors (Lipinski definition) is 5. The van der Waals surface area contributed by atoms with Crippen LogP contribution < -0.4 is 11.1 Å². The number of nitrogens with zero attached hydrogens (tertiary/aromatic N) is 3. The lowest BCUT2D eigenvalue weighted by atomic mass is 10.1. The maximum absolute atomic E-state index is 8.98. The van der Waals surface area contributed by atoms with Crippen molar-refractivity contribution in [1.82, 2.24) is 9.97 Å². The number of nitrogens with two attached hydrogens (primary N) is 1. The van der Waals surface area contributed by atoms with Gasteiger partial charge in [0.15, 0.2) is 11.6 Å². The summed E-state index contributed by atoms with van der Waals surface area (Å²) in [7, 11) is 0. The van der Waals surface area contributed by atoms with Gasteiger partial charge in [0.25, 0.3) is 0 Å². The summed E-state index contributed by atoms with van der Waals surface area (Å²) in [6.07, 6.45) is 0. The molecule has 102 valence electrons. The summed E-state index contributed by atoms with van der Waals surface area (Å²) < 4.78 is 0. The molecule has 0 spiro atoms. The highest BCUT2D eigenvalue weighted by atomic mass is 15.1. The molecule has 0 radical (unpaired) electrons. The molecule has 5 heteroatoms. The van der Waals surface area contributed by atoms with Crippen LogP contribution in [0.4, 0.5) is 17.3 Å². The molecule has 0 atom stereocenters. The van der Waals surface area contributed by atoms with Gasteiger partial charge in [0.05, 0.1) is 22.7 Å². The van der Waals surface area contributed by atoms with Gasteiger partial charge in [0.2, 0.25) is 0 Å². The van der Waals surface area contributed by atoms with E-state index in [0.29, 0.717) is 17.2 Å². The molecule has 2 aromatic carbocycles. The maximum Gasteiger partial charge on any atom is 0.174 e. The average molecular weight is 275 g/mol. The Labute approximate surface area is 122 Å². The molecule has 0 saturated carbocycles. The minimum absolute atomic E-state index is 0.329. The zero-order valence-corrected chi connectivity index (χ0v) is 11.5. The van der Waals surface area contributed by atoms with E-state index in [9.17, 15) is 0 Å². The first kappa shape index (κ1) is 12.9. The van der Waals surface area contributed by atoms with Crippen molar-refractivity contribution in [1.29, 1.82) is 5.26 Å². The number of nitriles is 1. The van der Waals surface area contributed by atoms with E-state index < -0.39 is 0 Å². The Morgan fingerprint density at radius 1 is 1.10 bits per heavy atom. The number of para-hydroxylation sites is 2. The quantitative estimate of drug-likeness (QED) is 0.750. The number of aromatic nitrogens is 2. The first-order valence-electron chi connectivity index (χ1n) is 6.47. The number of benzene rings is 2. The molecule has 5 nitrogen and oxygen atoms in total. The largest absolute Gasteiger partial charge is 0.381 e. The van der Waals surface area contributed by atoms with Gasteiger partial charge in [0, 0.05) is 5.69 Å². The van der Waals surface area contributed by atoms with Gasteiger partial charge in [-0.05, 0) is 36.8 Å². The van der Waals surface area contributed by atoms with Crippen LogP contribution in [0.2, 0.25) is 0 Å². The van der Waals surface area contributed by atoms with Crippen molar-refractivity contribution < 1.29 is 0 Å². The van der Waals surface area contributed by atoms with E-state index in [-0.39, 0.29) is 0 Å². The second-order valence-corrected chi connectivity index (χ2v) is 4.71. The van der Waals surface area contributed by atoms with Crippen molar-refractivity contribution in [2.45, 2.75) is 6.92 Å². The van der Waals surface area contributed by atoms with Crippen LogP contribution in [-0.4, -0.2) is 9.97 Å². The van der Waals surface area contributed by atoms with Gasteiger partial charge in [-0.1, -0.05) is 18.2 Å². The molecule has 21 heavy (non-hydrogen) atoms. The van der Waals surface area contributed by atoms with Gasteiger partial charge in [-0.15, -0.1) is 0 Å². The van der Waals surface area contributed by atoms with E-state index in [2.05, 4.69) is 21.4 Å². The van der Waals surface area contributed by atoms with E-state index in [4.69, 9.17) is 11.0 Å². The first-order valence-corrected chi connectivity index (χ1v) is 6.47. The first-order chi connectivity index (χ1) is 10.2. The van der Waals surface area contributed by atoms with Gasteiger partial charge in [-0.3, -0.25) is 0 Å². The Bertz CT molecular complexity index is 864. The fraction of sp³-hybridized carbons (Fsp3) is 0.0625. The Morgan fingerprint density at radius 3 is 2.52 bits per heavy atom. The van der Waals surface area contributed by atoms with Crippen LogP contribution in [0.25, 0.3) is 11.0 Å². The van der Waals surface area contributed by atoms with E-state index in [1.54, 1.807) is 12.1 Å². The Hall–Kier alpha value is -3.13. The van der Waals surface area contributed by atoms with Crippen molar-refractivity contribution in [3.63, 3.8) is 0 Å². The molecule has 0 unspecified atom stereocenters. The van der Waals surface area contributed by atoms with Crippen LogP contribution in [0.5, 0.6) is 0 Å². The molecule has 0 aliphatic carbocycles. The van der Waals surface area contributed by atoms with Crippen LogP contribution >= 0.6 is 0 Å². The lowest BCUT2D eigenvalue weighted by Crippen LogP contribution is -2.03. The molecule has 0 aliphatic heterocycles. The molecule has 3 N–H and O–H groups in total. The zero-order valence-electron chi connectivity index (χ0n) is 11.5. The monoisotopic (exact) mass is 275 g/mol. The lowest BCUT2D eigenvalue weighted by molar-refractivity contribution is 1.28. The summed E-state index contributed by atoms with van der Waals surface area (Å²) in [5.74, 6) is 0.822. The van der Waals surface area contributed by atoms with E-state index >= 15 is 0 Å². The highest BCUT2D eigenvalue weighted by Gasteiger charge is 2.08. The van der Waals surface area contributed by atoms with Crippen molar-refractivity contribution in [3.05, 3.63) is 53.6 Å². The van der Waals surface area contributed by atoms with Gasteiger partial charge < -0.3 is 11.1 Å².